The summed E-state index contributed by atoms with van der Waals surface area (Å²) in [6, 6.07) is 0. The Kier molecular flexibility index (Phi) is 3.28. The van der Waals surface area contributed by atoms with Crippen LogP contribution in [0, 0.1) is 0 Å². The zero-order valence-electron chi connectivity index (χ0n) is 11.4. The summed E-state index contributed by atoms with van der Waals surface area (Å²) in [5.74, 6) is 0.728. The van der Waals surface area contributed by atoms with Gasteiger partial charge in [0.1, 0.15) is 12.3 Å². The first-order valence-corrected chi connectivity index (χ1v) is 6.46. The summed E-state index contributed by atoms with van der Waals surface area (Å²) >= 11 is 0. The minimum atomic E-state index is -0.660. The first-order valence-electron chi connectivity index (χ1n) is 6.46. The summed E-state index contributed by atoms with van der Waals surface area (Å²) in [7, 11) is 3.79. The molecule has 0 spiro atoms. The Hall–Kier alpha value is -1.77. The molecule has 1 aliphatic heterocycles. The second-order valence-electron chi connectivity index (χ2n) is 5.13. The number of nitrogens with one attached hydrogen (secondary N) is 1. The van der Waals surface area contributed by atoms with Gasteiger partial charge in [0, 0.05) is 20.5 Å². The van der Waals surface area contributed by atoms with E-state index in [1.54, 1.807) is 10.9 Å². The molecule has 0 amide bonds. The third-order valence-corrected chi connectivity index (χ3v) is 3.43. The van der Waals surface area contributed by atoms with Gasteiger partial charge in [0.05, 0.1) is 12.7 Å². The number of hydrogen-bond donors (Lipinski definition) is 3. The molecule has 1 aliphatic rings. The number of aliphatic hydroxyl groups excluding tert-OH is 2. The first kappa shape index (κ1) is 13.2. The van der Waals surface area contributed by atoms with E-state index in [4.69, 9.17) is 9.84 Å². The zero-order chi connectivity index (χ0) is 14.3. The van der Waals surface area contributed by atoms with Crippen molar-refractivity contribution >= 4 is 17.1 Å². The molecule has 0 bridgehead atoms. The first-order chi connectivity index (χ1) is 9.58. The average molecular weight is 280 g/mol. The van der Waals surface area contributed by atoms with E-state index in [2.05, 4.69) is 15.0 Å². The number of anilines is 1. The van der Waals surface area contributed by atoms with Gasteiger partial charge < -0.3 is 24.8 Å². The normalized spacial score (nSPS) is 26.3. The molecule has 0 aromatic carbocycles. The van der Waals surface area contributed by atoms with Crippen LogP contribution >= 0.6 is 0 Å². The van der Waals surface area contributed by atoms with Crippen LogP contribution in [-0.2, 0) is 4.74 Å². The van der Waals surface area contributed by atoms with Gasteiger partial charge in [-0.05, 0) is 4.98 Å². The van der Waals surface area contributed by atoms with Crippen molar-refractivity contribution in [2.45, 2.75) is 24.9 Å². The van der Waals surface area contributed by atoms with Gasteiger partial charge in [-0.3, -0.25) is 0 Å². The summed E-state index contributed by atoms with van der Waals surface area (Å²) < 4.78 is 7.37. The fourth-order valence-corrected chi connectivity index (χ4v) is 2.29. The van der Waals surface area contributed by atoms with Crippen LogP contribution < -0.4 is 9.47 Å². The number of ether oxygens (including phenoxy) is 1. The van der Waals surface area contributed by atoms with Crippen molar-refractivity contribution in [3.8, 4) is 0 Å². The number of fused-ring (bicyclic) bond motifs is 1. The third-order valence-electron chi connectivity index (χ3n) is 3.43. The lowest BCUT2D eigenvalue weighted by Crippen LogP contribution is -2.39. The summed E-state index contributed by atoms with van der Waals surface area (Å²) in [5, 5.41) is 18.9. The summed E-state index contributed by atoms with van der Waals surface area (Å²) in [6.45, 7) is -0.192. The Morgan fingerprint density at radius 3 is 3.00 bits per heavy atom. The van der Waals surface area contributed by atoms with Gasteiger partial charge in [0.2, 0.25) is 12.2 Å². The molecule has 3 atom stereocenters. The molecular formula is C12H18N5O3+. The molecule has 2 aromatic rings. The number of aromatic nitrogens is 4. The van der Waals surface area contributed by atoms with E-state index in [1.165, 1.54) is 0 Å². The van der Waals surface area contributed by atoms with Crippen LogP contribution in [0.3, 0.4) is 0 Å². The predicted molar refractivity (Wildman–Crippen MR) is 70.0 cm³/mol. The Labute approximate surface area is 115 Å². The average Bonchev–Trinajstić information content (AvgIpc) is 3.00. The van der Waals surface area contributed by atoms with Crippen LogP contribution in [-0.4, -0.2) is 58.1 Å². The van der Waals surface area contributed by atoms with Gasteiger partial charge in [-0.25, -0.2) is 4.57 Å². The third kappa shape index (κ3) is 2.21. The minimum Gasteiger partial charge on any atom is -0.394 e. The number of aliphatic hydroxyl groups is 2. The molecule has 1 unspecified atom stereocenters. The van der Waals surface area contributed by atoms with Crippen molar-refractivity contribution in [2.24, 2.45) is 0 Å². The Morgan fingerprint density at radius 1 is 1.55 bits per heavy atom. The zero-order valence-corrected chi connectivity index (χ0v) is 11.4. The standard InChI is InChI=1S/C12H17N5O3/c1-16(2)12-14-7-4-17(6-13-11(7)15-12)10-3-8(19)9(5-18)20-10/h4,6,8-10,18-19H,3,5H2,1-2H3/p+1/t8-,9+,10?/m0/s1. The van der Waals surface area contributed by atoms with Crippen molar-refractivity contribution in [3.05, 3.63) is 12.5 Å². The maximum atomic E-state index is 9.77. The lowest BCUT2D eigenvalue weighted by atomic mass is 10.2. The quantitative estimate of drug-likeness (QED) is 0.621. The molecule has 3 rings (SSSR count). The smallest absolute Gasteiger partial charge is 0.296 e. The minimum absolute atomic E-state index is 0.192. The number of hydrogen-bond acceptors (Lipinski definition) is 6. The number of rotatable bonds is 3. The van der Waals surface area contributed by atoms with Gasteiger partial charge >= 0.3 is 0 Å². The lowest BCUT2D eigenvalue weighted by molar-refractivity contribution is -0.760. The molecule has 0 radical (unpaired) electrons. The Balaban J connectivity index is 1.89. The Bertz CT molecular complexity index is 614. The van der Waals surface area contributed by atoms with Crippen LogP contribution in [0.4, 0.5) is 5.95 Å². The van der Waals surface area contributed by atoms with E-state index < -0.39 is 12.2 Å². The van der Waals surface area contributed by atoms with E-state index >= 15 is 0 Å². The predicted octanol–water partition coefficient (Wildman–Crippen LogP) is -1.05. The monoisotopic (exact) mass is 280 g/mol. The molecule has 2 aromatic heterocycles. The van der Waals surface area contributed by atoms with E-state index in [0.717, 1.165) is 11.5 Å². The highest BCUT2D eigenvalue weighted by molar-refractivity contribution is 5.71. The highest BCUT2D eigenvalue weighted by Crippen LogP contribution is 2.24. The van der Waals surface area contributed by atoms with Crippen molar-refractivity contribution in [3.63, 3.8) is 0 Å². The van der Waals surface area contributed by atoms with Crippen molar-refractivity contribution in [1.29, 1.82) is 0 Å². The van der Waals surface area contributed by atoms with Gasteiger partial charge in [-0.1, -0.05) is 0 Å². The number of H-pyrrole nitrogens is 1. The van der Waals surface area contributed by atoms with Gasteiger partial charge in [0.15, 0.2) is 5.52 Å². The van der Waals surface area contributed by atoms with Crippen LogP contribution in [0.1, 0.15) is 12.6 Å². The molecule has 8 heteroatoms. The molecular weight excluding hydrogens is 262 g/mol. The fraction of sp³-hybridized carbons (Fsp3) is 0.583. The number of nitrogens with zero attached hydrogens (tertiary/aromatic N) is 4. The highest BCUT2D eigenvalue weighted by Gasteiger charge is 2.37. The second kappa shape index (κ2) is 4.97. The van der Waals surface area contributed by atoms with Gasteiger partial charge in [0.25, 0.3) is 12.0 Å². The van der Waals surface area contributed by atoms with Crippen molar-refractivity contribution in [1.82, 2.24) is 15.0 Å². The van der Waals surface area contributed by atoms with Crippen LogP contribution in [0.2, 0.25) is 0 Å². The lowest BCUT2D eigenvalue weighted by Gasteiger charge is -2.09. The molecule has 0 saturated carbocycles. The maximum Gasteiger partial charge on any atom is 0.296 e. The van der Waals surface area contributed by atoms with E-state index in [9.17, 15) is 5.11 Å². The van der Waals surface area contributed by atoms with Crippen molar-refractivity contribution in [2.75, 3.05) is 25.6 Å². The van der Waals surface area contributed by atoms with Gasteiger partial charge in [-0.15, -0.1) is 0 Å². The molecule has 1 saturated heterocycles. The van der Waals surface area contributed by atoms with Crippen LogP contribution in [0.15, 0.2) is 12.5 Å². The molecule has 0 aliphatic carbocycles. The summed E-state index contributed by atoms with van der Waals surface area (Å²) in [5.41, 5.74) is 1.42. The molecule has 1 fully saturated rings. The maximum absolute atomic E-state index is 9.77. The topological polar surface area (TPSA) is 98.4 Å². The second-order valence-corrected chi connectivity index (χ2v) is 5.13. The Morgan fingerprint density at radius 2 is 2.35 bits per heavy atom. The molecule has 108 valence electrons. The summed E-state index contributed by atoms with van der Waals surface area (Å²) in [6.07, 6.45) is 2.37. The van der Waals surface area contributed by atoms with Crippen LogP contribution in [0.25, 0.3) is 11.2 Å². The molecule has 8 nitrogen and oxygen atoms in total. The van der Waals surface area contributed by atoms with E-state index in [-0.39, 0.29) is 12.8 Å². The SMILES string of the molecule is CN(C)c1nc2nc[n+](C3C[C@H](O)[C@@H](CO)O3)cc2[nH]1. The van der Waals surface area contributed by atoms with Crippen LogP contribution in [0.5, 0.6) is 0 Å². The largest absolute Gasteiger partial charge is 0.394 e. The number of aromatic amines is 1. The fourth-order valence-electron chi connectivity index (χ4n) is 2.29. The molecule has 3 N–H and O–H groups in total. The van der Waals surface area contributed by atoms with E-state index in [1.807, 2.05) is 25.2 Å². The van der Waals surface area contributed by atoms with E-state index in [0.29, 0.717) is 12.1 Å². The number of imidazole rings is 1. The molecule has 3 heterocycles. The van der Waals surface area contributed by atoms with Gasteiger partial charge in [-0.2, -0.15) is 4.98 Å². The highest BCUT2D eigenvalue weighted by atomic mass is 16.5. The molecule has 20 heavy (non-hydrogen) atoms. The van der Waals surface area contributed by atoms with Crippen molar-refractivity contribution < 1.29 is 19.5 Å². The summed E-state index contributed by atoms with van der Waals surface area (Å²) in [4.78, 5) is 13.6.